The van der Waals surface area contributed by atoms with Gasteiger partial charge in [0, 0.05) is 31.1 Å². The van der Waals surface area contributed by atoms with E-state index in [1.807, 2.05) is 0 Å². The summed E-state index contributed by atoms with van der Waals surface area (Å²) in [6.45, 7) is 4.27. The predicted molar refractivity (Wildman–Crippen MR) is 92.8 cm³/mol. The molecular weight excluding hydrogens is 308 g/mol. The monoisotopic (exact) mass is 334 g/mol. The van der Waals surface area contributed by atoms with Crippen molar-refractivity contribution < 1.29 is 19.1 Å². The first-order chi connectivity index (χ1) is 11.5. The lowest BCUT2D eigenvalue weighted by atomic mass is 10.1. The Morgan fingerprint density at radius 3 is 2.29 bits per heavy atom. The van der Waals surface area contributed by atoms with Crippen LogP contribution in [0.25, 0.3) is 0 Å². The van der Waals surface area contributed by atoms with Gasteiger partial charge >= 0.3 is 5.97 Å². The van der Waals surface area contributed by atoms with Crippen molar-refractivity contribution in [1.82, 2.24) is 5.32 Å². The van der Waals surface area contributed by atoms with Crippen molar-refractivity contribution in [2.45, 2.75) is 46.0 Å². The van der Waals surface area contributed by atoms with Crippen LogP contribution in [0.15, 0.2) is 24.3 Å². The number of amides is 2. The topological polar surface area (TPSA) is 84.5 Å². The molecule has 0 unspecified atom stereocenters. The molecule has 0 aliphatic carbocycles. The van der Waals surface area contributed by atoms with Crippen LogP contribution in [0.2, 0.25) is 0 Å². The highest BCUT2D eigenvalue weighted by Crippen LogP contribution is 2.09. The van der Waals surface area contributed by atoms with Crippen molar-refractivity contribution >= 4 is 23.5 Å². The molecule has 0 aromatic heterocycles. The van der Waals surface area contributed by atoms with Gasteiger partial charge in [0.05, 0.1) is 6.61 Å². The van der Waals surface area contributed by atoms with E-state index < -0.39 is 0 Å². The Morgan fingerprint density at radius 1 is 1.00 bits per heavy atom. The second-order valence-corrected chi connectivity index (χ2v) is 5.48. The average Bonchev–Trinajstić information content (AvgIpc) is 2.54. The van der Waals surface area contributed by atoms with Crippen LogP contribution >= 0.6 is 0 Å². The van der Waals surface area contributed by atoms with Crippen molar-refractivity contribution in [3.63, 3.8) is 0 Å². The Morgan fingerprint density at radius 2 is 1.67 bits per heavy atom. The molecule has 6 heteroatoms. The first kappa shape index (κ1) is 19.7. The number of esters is 1. The molecule has 2 N–H and O–H groups in total. The molecule has 24 heavy (non-hydrogen) atoms. The van der Waals surface area contributed by atoms with Crippen molar-refractivity contribution in [2.75, 3.05) is 18.5 Å². The third-order valence-electron chi connectivity index (χ3n) is 3.37. The number of nitrogens with one attached hydrogen (secondary N) is 2. The Balaban J connectivity index is 2.15. The van der Waals surface area contributed by atoms with Gasteiger partial charge in [0.1, 0.15) is 0 Å². The molecule has 0 heterocycles. The summed E-state index contributed by atoms with van der Waals surface area (Å²) in [5.41, 5.74) is 1.23. The van der Waals surface area contributed by atoms with Gasteiger partial charge in [-0.2, -0.15) is 0 Å². The quantitative estimate of drug-likeness (QED) is 0.509. The Bertz CT molecular complexity index is 540. The van der Waals surface area contributed by atoms with E-state index in [0.717, 1.165) is 25.7 Å². The van der Waals surface area contributed by atoms with E-state index in [2.05, 4.69) is 10.6 Å². The summed E-state index contributed by atoms with van der Waals surface area (Å²) in [5.74, 6) is -0.417. The molecule has 0 spiro atoms. The summed E-state index contributed by atoms with van der Waals surface area (Å²) in [5, 5.41) is 5.52. The number of hydrogen-bond donors (Lipinski definition) is 2. The molecule has 0 saturated heterocycles. The van der Waals surface area contributed by atoms with Gasteiger partial charge in [0.15, 0.2) is 0 Å². The first-order valence-corrected chi connectivity index (χ1v) is 8.34. The molecule has 0 bridgehead atoms. The molecule has 0 atom stereocenters. The van der Waals surface area contributed by atoms with Crippen molar-refractivity contribution in [3.8, 4) is 0 Å². The van der Waals surface area contributed by atoms with E-state index in [1.165, 1.54) is 6.92 Å². The fourth-order valence-corrected chi connectivity index (χ4v) is 2.19. The minimum absolute atomic E-state index is 0.129. The van der Waals surface area contributed by atoms with Crippen LogP contribution in [-0.4, -0.2) is 30.9 Å². The number of carbonyl (C=O) groups excluding carboxylic acids is 3. The SMILES string of the molecule is CCOC(=O)CCCCCCNC(=O)c1ccc(NC(C)=O)cc1. The predicted octanol–water partition coefficient (Wildman–Crippen LogP) is 2.89. The fraction of sp³-hybridized carbons (Fsp3) is 0.500. The standard InChI is InChI=1S/C18H26N2O4/c1-3-24-17(22)8-6-4-5-7-13-19-18(23)15-9-11-16(12-10-15)20-14(2)21/h9-12H,3-8,13H2,1-2H3,(H,19,23)(H,20,21). The van der Waals surface area contributed by atoms with Gasteiger partial charge in [-0.05, 0) is 44.0 Å². The van der Waals surface area contributed by atoms with Crippen LogP contribution in [0.1, 0.15) is 56.3 Å². The maximum absolute atomic E-state index is 12.0. The molecule has 1 aromatic rings. The lowest BCUT2D eigenvalue weighted by Gasteiger charge is -2.07. The van der Waals surface area contributed by atoms with Crippen molar-refractivity contribution in [1.29, 1.82) is 0 Å². The van der Waals surface area contributed by atoms with E-state index in [1.54, 1.807) is 31.2 Å². The highest BCUT2D eigenvalue weighted by molar-refractivity contribution is 5.95. The van der Waals surface area contributed by atoms with Crippen molar-refractivity contribution in [2.24, 2.45) is 0 Å². The number of hydrogen-bond acceptors (Lipinski definition) is 4. The molecule has 0 aliphatic heterocycles. The first-order valence-electron chi connectivity index (χ1n) is 8.34. The van der Waals surface area contributed by atoms with E-state index in [0.29, 0.717) is 30.8 Å². The summed E-state index contributed by atoms with van der Waals surface area (Å²) < 4.78 is 4.86. The zero-order chi connectivity index (χ0) is 17.8. The summed E-state index contributed by atoms with van der Waals surface area (Å²) in [6, 6.07) is 6.76. The van der Waals surface area contributed by atoms with Gasteiger partial charge in [-0.25, -0.2) is 0 Å². The molecular formula is C18H26N2O4. The number of rotatable bonds is 10. The normalized spacial score (nSPS) is 10.1. The Labute approximate surface area is 143 Å². The maximum Gasteiger partial charge on any atom is 0.305 e. The van der Waals surface area contributed by atoms with Gasteiger partial charge < -0.3 is 15.4 Å². The second-order valence-electron chi connectivity index (χ2n) is 5.48. The number of ether oxygens (including phenoxy) is 1. The summed E-state index contributed by atoms with van der Waals surface area (Å²) in [7, 11) is 0. The Kier molecular flexibility index (Phi) is 9.19. The zero-order valence-corrected chi connectivity index (χ0v) is 14.4. The van der Waals surface area contributed by atoms with Crippen molar-refractivity contribution in [3.05, 3.63) is 29.8 Å². The number of benzene rings is 1. The van der Waals surface area contributed by atoms with Gasteiger partial charge in [-0.3, -0.25) is 14.4 Å². The third kappa shape index (κ3) is 8.31. The lowest BCUT2D eigenvalue weighted by Crippen LogP contribution is -2.24. The molecule has 6 nitrogen and oxygen atoms in total. The molecule has 0 fully saturated rings. The molecule has 1 aromatic carbocycles. The van der Waals surface area contributed by atoms with Crippen LogP contribution in [0.5, 0.6) is 0 Å². The molecule has 0 radical (unpaired) electrons. The van der Waals surface area contributed by atoms with Gasteiger partial charge in [-0.1, -0.05) is 12.8 Å². The highest BCUT2D eigenvalue weighted by Gasteiger charge is 2.05. The minimum Gasteiger partial charge on any atom is -0.466 e. The number of anilines is 1. The van der Waals surface area contributed by atoms with Gasteiger partial charge in [0.2, 0.25) is 5.91 Å². The average molecular weight is 334 g/mol. The fourth-order valence-electron chi connectivity index (χ4n) is 2.19. The van der Waals surface area contributed by atoms with E-state index in [-0.39, 0.29) is 17.8 Å². The van der Waals surface area contributed by atoms with Crippen LogP contribution < -0.4 is 10.6 Å². The molecule has 0 saturated carbocycles. The highest BCUT2D eigenvalue weighted by atomic mass is 16.5. The Hall–Kier alpha value is -2.37. The molecule has 0 aliphatic rings. The summed E-state index contributed by atoms with van der Waals surface area (Å²) in [4.78, 5) is 34.1. The van der Waals surface area contributed by atoms with Crippen LogP contribution in [0, 0.1) is 0 Å². The number of carbonyl (C=O) groups is 3. The molecule has 132 valence electrons. The van der Waals surface area contributed by atoms with Gasteiger partial charge in [0.25, 0.3) is 5.91 Å². The largest absolute Gasteiger partial charge is 0.466 e. The van der Waals surface area contributed by atoms with E-state index in [9.17, 15) is 14.4 Å². The second kappa shape index (κ2) is 11.2. The minimum atomic E-state index is -0.145. The maximum atomic E-state index is 12.0. The lowest BCUT2D eigenvalue weighted by molar-refractivity contribution is -0.143. The zero-order valence-electron chi connectivity index (χ0n) is 14.4. The number of unbranched alkanes of at least 4 members (excludes halogenated alkanes) is 3. The van der Waals surface area contributed by atoms with E-state index in [4.69, 9.17) is 4.74 Å². The van der Waals surface area contributed by atoms with Crippen LogP contribution in [-0.2, 0) is 14.3 Å². The van der Waals surface area contributed by atoms with E-state index >= 15 is 0 Å². The molecule has 1 rings (SSSR count). The van der Waals surface area contributed by atoms with Crippen LogP contribution in [0.3, 0.4) is 0 Å². The smallest absolute Gasteiger partial charge is 0.305 e. The van der Waals surface area contributed by atoms with Crippen LogP contribution in [0.4, 0.5) is 5.69 Å². The molecule has 2 amide bonds. The third-order valence-corrected chi connectivity index (χ3v) is 3.37. The summed E-state index contributed by atoms with van der Waals surface area (Å²) in [6.07, 6.45) is 4.05. The summed E-state index contributed by atoms with van der Waals surface area (Å²) >= 11 is 0. The van der Waals surface area contributed by atoms with Gasteiger partial charge in [-0.15, -0.1) is 0 Å².